The van der Waals surface area contributed by atoms with Gasteiger partial charge in [-0.05, 0) is 32.0 Å². The average molecular weight is 278 g/mol. The molecule has 2 aromatic rings. The van der Waals surface area contributed by atoms with Crippen molar-refractivity contribution in [3.05, 3.63) is 29.8 Å². The van der Waals surface area contributed by atoms with Gasteiger partial charge < -0.3 is 15.0 Å². The Balaban J connectivity index is 2.10. The Kier molecular flexibility index (Phi) is 4.31. The quantitative estimate of drug-likeness (QED) is 0.672. The van der Waals surface area contributed by atoms with E-state index in [1.165, 1.54) is 0 Å². The molecule has 2 rings (SSSR count). The van der Waals surface area contributed by atoms with Crippen LogP contribution in [0.3, 0.4) is 0 Å². The van der Waals surface area contributed by atoms with E-state index in [4.69, 9.17) is 10.5 Å². The number of nitrogens with zero attached hydrogens (tertiary/aromatic N) is 3. The minimum atomic E-state index is 0.649. The molecule has 0 bridgehead atoms. The fraction of sp³-hybridized carbons (Fsp3) is 0.385. The number of nitrogens with two attached hydrogens (primary N) is 1. The number of ether oxygens (including phenoxy) is 1. The van der Waals surface area contributed by atoms with Gasteiger partial charge in [0.1, 0.15) is 17.4 Å². The highest BCUT2D eigenvalue weighted by atomic mass is 32.2. The number of benzene rings is 1. The van der Waals surface area contributed by atoms with Crippen molar-refractivity contribution in [3.8, 4) is 5.75 Å². The molecular formula is C13H18N4OS. The van der Waals surface area contributed by atoms with Crippen molar-refractivity contribution in [2.24, 2.45) is 7.05 Å². The summed E-state index contributed by atoms with van der Waals surface area (Å²) in [7, 11) is 1.96. The van der Waals surface area contributed by atoms with Gasteiger partial charge in [0.2, 0.25) is 0 Å². The van der Waals surface area contributed by atoms with Crippen LogP contribution in [0.25, 0.3) is 0 Å². The van der Waals surface area contributed by atoms with Crippen LogP contribution in [0.2, 0.25) is 0 Å². The molecule has 0 spiro atoms. The minimum Gasteiger partial charge on any atom is -0.494 e. The summed E-state index contributed by atoms with van der Waals surface area (Å²) in [6, 6.07) is 5.72. The van der Waals surface area contributed by atoms with Crippen LogP contribution in [-0.2, 0) is 12.8 Å². The maximum Gasteiger partial charge on any atom is 0.143 e. The third kappa shape index (κ3) is 3.20. The van der Waals surface area contributed by atoms with E-state index < -0.39 is 0 Å². The summed E-state index contributed by atoms with van der Waals surface area (Å²) in [5.74, 6) is 3.42. The van der Waals surface area contributed by atoms with E-state index in [-0.39, 0.29) is 0 Å². The predicted molar refractivity (Wildman–Crippen MR) is 77.3 cm³/mol. The van der Waals surface area contributed by atoms with Crippen LogP contribution in [0.4, 0.5) is 5.69 Å². The number of rotatable bonds is 5. The van der Waals surface area contributed by atoms with E-state index in [0.29, 0.717) is 6.61 Å². The van der Waals surface area contributed by atoms with Crippen LogP contribution < -0.4 is 10.5 Å². The highest BCUT2D eigenvalue weighted by molar-refractivity contribution is 7.98. The molecule has 6 heteroatoms. The van der Waals surface area contributed by atoms with Gasteiger partial charge in [0, 0.05) is 17.6 Å². The van der Waals surface area contributed by atoms with Crippen molar-refractivity contribution >= 4 is 17.4 Å². The number of aryl methyl sites for hydroxylation is 1. The smallest absolute Gasteiger partial charge is 0.143 e. The molecule has 102 valence electrons. The maximum absolute atomic E-state index is 5.97. The molecule has 1 heterocycles. The predicted octanol–water partition coefficient (Wildman–Crippen LogP) is 2.40. The van der Waals surface area contributed by atoms with E-state index in [0.717, 1.165) is 33.7 Å². The molecule has 0 aliphatic carbocycles. The normalized spacial score (nSPS) is 10.7. The van der Waals surface area contributed by atoms with Crippen molar-refractivity contribution in [1.29, 1.82) is 0 Å². The minimum absolute atomic E-state index is 0.649. The van der Waals surface area contributed by atoms with Gasteiger partial charge in [-0.3, -0.25) is 0 Å². The summed E-state index contributed by atoms with van der Waals surface area (Å²) in [6.45, 7) is 4.55. The molecule has 1 aromatic carbocycles. The van der Waals surface area contributed by atoms with Crippen LogP contribution in [0.15, 0.2) is 23.1 Å². The number of hydrogen-bond acceptors (Lipinski definition) is 5. The van der Waals surface area contributed by atoms with Gasteiger partial charge in [0.15, 0.2) is 0 Å². The number of anilines is 1. The van der Waals surface area contributed by atoms with Gasteiger partial charge in [-0.2, -0.15) is 0 Å². The van der Waals surface area contributed by atoms with Gasteiger partial charge in [0.05, 0.1) is 12.4 Å². The second-order valence-electron chi connectivity index (χ2n) is 4.14. The highest BCUT2D eigenvalue weighted by Crippen LogP contribution is 2.31. The lowest BCUT2D eigenvalue weighted by atomic mass is 10.3. The van der Waals surface area contributed by atoms with Crippen LogP contribution in [-0.4, -0.2) is 21.4 Å². The van der Waals surface area contributed by atoms with Crippen molar-refractivity contribution in [2.45, 2.75) is 24.5 Å². The first-order valence-electron chi connectivity index (χ1n) is 6.11. The van der Waals surface area contributed by atoms with Gasteiger partial charge in [-0.1, -0.05) is 0 Å². The summed E-state index contributed by atoms with van der Waals surface area (Å²) in [5, 5.41) is 8.18. The summed E-state index contributed by atoms with van der Waals surface area (Å²) in [4.78, 5) is 1.01. The largest absolute Gasteiger partial charge is 0.494 e. The van der Waals surface area contributed by atoms with E-state index in [2.05, 4.69) is 10.2 Å². The van der Waals surface area contributed by atoms with Crippen molar-refractivity contribution in [1.82, 2.24) is 14.8 Å². The zero-order chi connectivity index (χ0) is 13.8. The van der Waals surface area contributed by atoms with E-state index in [1.807, 2.05) is 43.7 Å². The molecule has 0 aliphatic rings. The van der Waals surface area contributed by atoms with Crippen molar-refractivity contribution in [2.75, 3.05) is 12.3 Å². The van der Waals surface area contributed by atoms with Gasteiger partial charge in [-0.25, -0.2) is 0 Å². The fourth-order valence-corrected chi connectivity index (χ4v) is 2.59. The maximum atomic E-state index is 5.97. The van der Waals surface area contributed by atoms with Crippen LogP contribution in [0.5, 0.6) is 5.75 Å². The lowest BCUT2D eigenvalue weighted by Gasteiger charge is -2.08. The molecule has 0 aliphatic heterocycles. The Morgan fingerprint density at radius 2 is 2.16 bits per heavy atom. The molecule has 0 atom stereocenters. The molecular weight excluding hydrogens is 260 g/mol. The third-order valence-electron chi connectivity index (χ3n) is 2.84. The lowest BCUT2D eigenvalue weighted by molar-refractivity contribution is 0.339. The number of thioether (sulfide) groups is 1. The first-order valence-corrected chi connectivity index (χ1v) is 7.10. The van der Waals surface area contributed by atoms with Gasteiger partial charge in [-0.15, -0.1) is 22.0 Å². The summed E-state index contributed by atoms with van der Waals surface area (Å²) in [5.41, 5.74) is 6.73. The number of nitrogen functional groups attached to an aromatic ring is 1. The summed E-state index contributed by atoms with van der Waals surface area (Å²) >= 11 is 1.64. The lowest BCUT2D eigenvalue weighted by Crippen LogP contribution is -1.98. The SMILES string of the molecule is CCOc1ccc(N)c(SCc2nnc(C)n2C)c1. The van der Waals surface area contributed by atoms with Crippen molar-refractivity contribution < 1.29 is 4.74 Å². The zero-order valence-electron chi connectivity index (χ0n) is 11.4. The Bertz CT molecular complexity index is 568. The molecule has 0 saturated heterocycles. The van der Waals surface area contributed by atoms with Crippen LogP contribution in [0.1, 0.15) is 18.6 Å². The van der Waals surface area contributed by atoms with Crippen LogP contribution in [0, 0.1) is 6.92 Å². The molecule has 0 unspecified atom stereocenters. The molecule has 0 saturated carbocycles. The molecule has 19 heavy (non-hydrogen) atoms. The Labute approximate surface area is 117 Å². The Morgan fingerprint density at radius 3 is 2.79 bits per heavy atom. The second-order valence-corrected chi connectivity index (χ2v) is 5.16. The first kappa shape index (κ1) is 13.7. The molecule has 0 amide bonds. The average Bonchev–Trinajstić information content (AvgIpc) is 2.71. The van der Waals surface area contributed by atoms with Gasteiger partial charge in [0.25, 0.3) is 0 Å². The van der Waals surface area contributed by atoms with E-state index in [9.17, 15) is 0 Å². The topological polar surface area (TPSA) is 66.0 Å². The molecule has 1 aromatic heterocycles. The Hall–Kier alpha value is -1.69. The first-order chi connectivity index (χ1) is 9.11. The molecule has 0 radical (unpaired) electrons. The molecule has 5 nitrogen and oxygen atoms in total. The monoisotopic (exact) mass is 278 g/mol. The Morgan fingerprint density at radius 1 is 1.37 bits per heavy atom. The van der Waals surface area contributed by atoms with E-state index >= 15 is 0 Å². The standard InChI is InChI=1S/C13H18N4OS/c1-4-18-10-5-6-11(14)12(7-10)19-8-13-16-15-9(2)17(13)3/h5-7H,4,8,14H2,1-3H3. The van der Waals surface area contributed by atoms with E-state index in [1.54, 1.807) is 11.8 Å². The highest BCUT2D eigenvalue weighted by Gasteiger charge is 2.08. The summed E-state index contributed by atoms with van der Waals surface area (Å²) < 4.78 is 7.46. The molecule has 2 N–H and O–H groups in total. The van der Waals surface area contributed by atoms with Crippen LogP contribution >= 0.6 is 11.8 Å². The summed E-state index contributed by atoms with van der Waals surface area (Å²) in [6.07, 6.45) is 0. The number of hydrogen-bond donors (Lipinski definition) is 1. The van der Waals surface area contributed by atoms with Crippen molar-refractivity contribution in [3.63, 3.8) is 0 Å². The van der Waals surface area contributed by atoms with Gasteiger partial charge >= 0.3 is 0 Å². The number of aromatic nitrogens is 3. The third-order valence-corrected chi connectivity index (χ3v) is 3.90. The zero-order valence-corrected chi connectivity index (χ0v) is 12.2. The second kappa shape index (κ2) is 5.97. The fourth-order valence-electron chi connectivity index (χ4n) is 1.62. The molecule has 0 fully saturated rings.